The Hall–Kier alpha value is -0.900. The van der Waals surface area contributed by atoms with Crippen LogP contribution in [0.4, 0.5) is 0 Å². The Labute approximate surface area is 124 Å². The molecule has 1 aromatic rings. The van der Waals surface area contributed by atoms with Gasteiger partial charge in [0.2, 0.25) is 0 Å². The third-order valence-corrected chi connectivity index (χ3v) is 4.35. The number of nitrogens with zero attached hydrogens (tertiary/aromatic N) is 2. The molecule has 3 heteroatoms. The summed E-state index contributed by atoms with van der Waals surface area (Å²) in [7, 11) is 4.27. The van der Waals surface area contributed by atoms with Crippen LogP contribution in [0.25, 0.3) is 0 Å². The highest BCUT2D eigenvalue weighted by Gasteiger charge is 2.22. The van der Waals surface area contributed by atoms with Crippen molar-refractivity contribution in [3.8, 4) is 0 Å². The zero-order valence-electron chi connectivity index (χ0n) is 13.2. The fourth-order valence-electron chi connectivity index (χ4n) is 3.18. The van der Waals surface area contributed by atoms with Crippen molar-refractivity contribution in [1.29, 1.82) is 0 Å². The molecule has 0 amide bonds. The lowest BCUT2D eigenvalue weighted by atomic mass is 10.1. The molecule has 1 aliphatic heterocycles. The highest BCUT2D eigenvalue weighted by molar-refractivity contribution is 5.27. The molecule has 3 nitrogen and oxygen atoms in total. The quantitative estimate of drug-likeness (QED) is 0.890. The zero-order valence-corrected chi connectivity index (χ0v) is 13.2. The van der Waals surface area contributed by atoms with Crippen LogP contribution in [-0.4, -0.2) is 49.6 Å². The van der Waals surface area contributed by atoms with Gasteiger partial charge in [0, 0.05) is 32.2 Å². The molecular weight excluding hydrogens is 246 g/mol. The summed E-state index contributed by atoms with van der Waals surface area (Å²) >= 11 is 0. The van der Waals surface area contributed by atoms with Crippen LogP contribution in [0.15, 0.2) is 24.3 Å². The lowest BCUT2D eigenvalue weighted by Crippen LogP contribution is -2.39. The Kier molecular flexibility index (Phi) is 6.02. The number of hydrogen-bond donors (Lipinski definition) is 1. The summed E-state index contributed by atoms with van der Waals surface area (Å²) in [5, 5.41) is 3.28. The van der Waals surface area contributed by atoms with Crippen LogP contribution < -0.4 is 5.32 Å². The van der Waals surface area contributed by atoms with Crippen LogP contribution in [0, 0.1) is 0 Å². The Morgan fingerprint density at radius 2 is 1.95 bits per heavy atom. The lowest BCUT2D eigenvalue weighted by Gasteiger charge is -2.30. The first-order valence-electron chi connectivity index (χ1n) is 7.88. The number of rotatable bonds is 5. The van der Waals surface area contributed by atoms with Crippen LogP contribution in [0.5, 0.6) is 0 Å². The van der Waals surface area contributed by atoms with Gasteiger partial charge in [0.25, 0.3) is 0 Å². The highest BCUT2D eigenvalue weighted by Crippen LogP contribution is 2.18. The van der Waals surface area contributed by atoms with Gasteiger partial charge in [-0.3, -0.25) is 4.90 Å². The van der Waals surface area contributed by atoms with Crippen LogP contribution >= 0.6 is 0 Å². The predicted octanol–water partition coefficient (Wildman–Crippen LogP) is 2.32. The Balaban J connectivity index is 2.10. The summed E-state index contributed by atoms with van der Waals surface area (Å²) in [6.45, 7) is 8.01. The molecule has 20 heavy (non-hydrogen) atoms. The molecular formula is C17H29N3. The van der Waals surface area contributed by atoms with Crippen LogP contribution in [0.3, 0.4) is 0 Å². The lowest BCUT2D eigenvalue weighted by molar-refractivity contribution is 0.175. The van der Waals surface area contributed by atoms with E-state index in [0.717, 1.165) is 13.1 Å². The molecule has 1 aliphatic rings. The van der Waals surface area contributed by atoms with Crippen LogP contribution in [0.1, 0.15) is 30.9 Å². The first kappa shape index (κ1) is 15.5. The molecule has 112 valence electrons. The molecule has 2 rings (SSSR count). The zero-order chi connectivity index (χ0) is 14.4. The van der Waals surface area contributed by atoms with E-state index in [0.29, 0.717) is 6.04 Å². The van der Waals surface area contributed by atoms with Gasteiger partial charge in [0.05, 0.1) is 0 Å². The summed E-state index contributed by atoms with van der Waals surface area (Å²) in [5.74, 6) is 0. The summed E-state index contributed by atoms with van der Waals surface area (Å²) in [6.07, 6.45) is 2.51. The SMILES string of the molecule is CCC1CN(C)CCCN1Cc1ccccc1CNC. The minimum absolute atomic E-state index is 0.685. The molecule has 0 saturated carbocycles. The van der Waals surface area contributed by atoms with Crippen molar-refractivity contribution in [2.45, 2.75) is 38.9 Å². The number of likely N-dealkylation sites (N-methyl/N-ethyl adjacent to an activating group) is 1. The third-order valence-electron chi connectivity index (χ3n) is 4.35. The van der Waals surface area contributed by atoms with Gasteiger partial charge in [-0.25, -0.2) is 0 Å². The van der Waals surface area contributed by atoms with Crippen molar-refractivity contribution in [2.75, 3.05) is 33.7 Å². The molecule has 1 saturated heterocycles. The summed E-state index contributed by atoms with van der Waals surface area (Å²) in [4.78, 5) is 5.16. The van der Waals surface area contributed by atoms with Gasteiger partial charge < -0.3 is 10.2 Å². The molecule has 1 N–H and O–H groups in total. The van der Waals surface area contributed by atoms with Gasteiger partial charge in [0.1, 0.15) is 0 Å². The highest BCUT2D eigenvalue weighted by atomic mass is 15.2. The van der Waals surface area contributed by atoms with Crippen molar-refractivity contribution in [3.63, 3.8) is 0 Å². The minimum Gasteiger partial charge on any atom is -0.316 e. The molecule has 1 heterocycles. The standard InChI is InChI=1S/C17H29N3/c1-4-17-14-19(3)10-7-11-20(17)13-16-9-6-5-8-15(16)12-18-2/h5-6,8-9,17-18H,4,7,10-14H2,1-3H3. The minimum atomic E-state index is 0.685. The second kappa shape index (κ2) is 7.77. The first-order valence-corrected chi connectivity index (χ1v) is 7.88. The van der Waals surface area contributed by atoms with Crippen LogP contribution in [-0.2, 0) is 13.1 Å². The van der Waals surface area contributed by atoms with Gasteiger partial charge in [-0.2, -0.15) is 0 Å². The van der Waals surface area contributed by atoms with Crippen molar-refractivity contribution in [2.24, 2.45) is 0 Å². The number of nitrogens with one attached hydrogen (secondary N) is 1. The maximum Gasteiger partial charge on any atom is 0.0240 e. The smallest absolute Gasteiger partial charge is 0.0240 e. The molecule has 0 bridgehead atoms. The van der Waals surface area contributed by atoms with E-state index in [1.165, 1.54) is 43.6 Å². The van der Waals surface area contributed by atoms with Crippen molar-refractivity contribution >= 4 is 0 Å². The van der Waals surface area contributed by atoms with E-state index in [4.69, 9.17) is 0 Å². The Morgan fingerprint density at radius 1 is 1.20 bits per heavy atom. The van der Waals surface area contributed by atoms with E-state index in [9.17, 15) is 0 Å². The van der Waals surface area contributed by atoms with E-state index < -0.39 is 0 Å². The fourth-order valence-corrected chi connectivity index (χ4v) is 3.18. The topological polar surface area (TPSA) is 18.5 Å². The fraction of sp³-hybridized carbons (Fsp3) is 0.647. The van der Waals surface area contributed by atoms with E-state index in [2.05, 4.69) is 53.4 Å². The van der Waals surface area contributed by atoms with Crippen molar-refractivity contribution in [3.05, 3.63) is 35.4 Å². The number of hydrogen-bond acceptors (Lipinski definition) is 3. The number of benzene rings is 1. The molecule has 1 atom stereocenters. The van der Waals surface area contributed by atoms with E-state index in [1.807, 2.05) is 7.05 Å². The molecule has 0 aliphatic carbocycles. The van der Waals surface area contributed by atoms with Gasteiger partial charge in [-0.05, 0) is 44.6 Å². The molecule has 0 spiro atoms. The van der Waals surface area contributed by atoms with Crippen LogP contribution in [0.2, 0.25) is 0 Å². The largest absolute Gasteiger partial charge is 0.316 e. The monoisotopic (exact) mass is 275 g/mol. The second-order valence-corrected chi connectivity index (χ2v) is 5.95. The Bertz CT molecular complexity index is 405. The Morgan fingerprint density at radius 3 is 2.65 bits per heavy atom. The molecule has 1 fully saturated rings. The van der Waals surface area contributed by atoms with Crippen molar-refractivity contribution in [1.82, 2.24) is 15.1 Å². The van der Waals surface area contributed by atoms with E-state index >= 15 is 0 Å². The van der Waals surface area contributed by atoms with Crippen molar-refractivity contribution < 1.29 is 0 Å². The molecule has 1 unspecified atom stereocenters. The average Bonchev–Trinajstić information content (AvgIpc) is 2.63. The molecule has 0 aromatic heterocycles. The molecule has 0 radical (unpaired) electrons. The van der Waals surface area contributed by atoms with Gasteiger partial charge >= 0.3 is 0 Å². The summed E-state index contributed by atoms with van der Waals surface area (Å²) in [6, 6.07) is 9.53. The van der Waals surface area contributed by atoms with E-state index in [1.54, 1.807) is 0 Å². The average molecular weight is 275 g/mol. The summed E-state index contributed by atoms with van der Waals surface area (Å²) < 4.78 is 0. The first-order chi connectivity index (χ1) is 9.74. The second-order valence-electron chi connectivity index (χ2n) is 5.95. The van der Waals surface area contributed by atoms with Gasteiger partial charge in [0.15, 0.2) is 0 Å². The van der Waals surface area contributed by atoms with Gasteiger partial charge in [-0.1, -0.05) is 31.2 Å². The summed E-state index contributed by atoms with van der Waals surface area (Å²) in [5.41, 5.74) is 2.91. The molecule has 1 aromatic carbocycles. The van der Waals surface area contributed by atoms with Gasteiger partial charge in [-0.15, -0.1) is 0 Å². The normalized spacial score (nSPS) is 21.9. The predicted molar refractivity (Wildman–Crippen MR) is 85.8 cm³/mol. The third kappa shape index (κ3) is 4.05. The van der Waals surface area contributed by atoms with E-state index in [-0.39, 0.29) is 0 Å². The maximum atomic E-state index is 3.28. The maximum absolute atomic E-state index is 3.28.